The lowest BCUT2D eigenvalue weighted by atomic mass is 10.1. The van der Waals surface area contributed by atoms with E-state index < -0.39 is 0 Å². The number of halogens is 1. The molecule has 0 radical (unpaired) electrons. The van der Waals surface area contributed by atoms with E-state index in [4.69, 9.17) is 4.74 Å². The summed E-state index contributed by atoms with van der Waals surface area (Å²) in [6.07, 6.45) is 1.23. The summed E-state index contributed by atoms with van der Waals surface area (Å²) in [7, 11) is 0. The lowest BCUT2D eigenvalue weighted by molar-refractivity contribution is 0.164. The molecule has 3 rings (SSSR count). The van der Waals surface area contributed by atoms with E-state index in [0.717, 1.165) is 61.3 Å². The van der Waals surface area contributed by atoms with Crippen molar-refractivity contribution in [3.05, 3.63) is 22.3 Å². The topological polar surface area (TPSA) is 28.6 Å². The van der Waals surface area contributed by atoms with Crippen molar-refractivity contribution in [2.75, 3.05) is 50.8 Å². The molecular weight excluding hydrogens is 318 g/mol. The van der Waals surface area contributed by atoms with Crippen LogP contribution in [-0.4, -0.2) is 55.8 Å². The minimum Gasteiger partial charge on any atom is -0.381 e. The molecule has 1 aromatic heterocycles. The number of hydrogen-bond acceptors (Lipinski definition) is 4. The van der Waals surface area contributed by atoms with Crippen molar-refractivity contribution in [3.8, 4) is 0 Å². The van der Waals surface area contributed by atoms with Crippen LogP contribution >= 0.6 is 15.9 Å². The number of piperazine rings is 1. The summed E-state index contributed by atoms with van der Waals surface area (Å²) < 4.78 is 6.55. The molecule has 5 heteroatoms. The number of ether oxygens (including phenoxy) is 1. The van der Waals surface area contributed by atoms with Crippen LogP contribution in [-0.2, 0) is 4.74 Å². The van der Waals surface area contributed by atoms with Crippen molar-refractivity contribution in [2.45, 2.75) is 13.3 Å². The summed E-state index contributed by atoms with van der Waals surface area (Å²) in [6.45, 7) is 9.55. The number of aryl methyl sites for hydroxylation is 1. The van der Waals surface area contributed by atoms with Gasteiger partial charge < -0.3 is 9.64 Å². The second-order valence-electron chi connectivity index (χ2n) is 5.75. The first kappa shape index (κ1) is 14.3. The van der Waals surface area contributed by atoms with Crippen molar-refractivity contribution in [1.82, 2.24) is 9.88 Å². The highest BCUT2D eigenvalue weighted by molar-refractivity contribution is 9.10. The number of pyridine rings is 1. The molecule has 0 bridgehead atoms. The molecule has 0 N–H and O–H groups in total. The van der Waals surface area contributed by atoms with Gasteiger partial charge in [0.1, 0.15) is 5.82 Å². The van der Waals surface area contributed by atoms with Crippen molar-refractivity contribution >= 4 is 21.7 Å². The average molecular weight is 340 g/mol. The lowest BCUT2D eigenvalue weighted by Gasteiger charge is -2.36. The zero-order chi connectivity index (χ0) is 13.9. The Morgan fingerprint density at radius 2 is 2.10 bits per heavy atom. The van der Waals surface area contributed by atoms with Gasteiger partial charge in [0.2, 0.25) is 0 Å². The third kappa shape index (κ3) is 3.32. The van der Waals surface area contributed by atoms with E-state index in [1.54, 1.807) is 0 Å². The van der Waals surface area contributed by atoms with Gasteiger partial charge in [0.25, 0.3) is 0 Å². The van der Waals surface area contributed by atoms with Crippen LogP contribution in [0.25, 0.3) is 0 Å². The SMILES string of the molecule is Cc1nc(N2CCN(CC3CCOC3)CC2)ccc1Br. The van der Waals surface area contributed by atoms with E-state index in [0.29, 0.717) is 0 Å². The molecule has 0 amide bonds. The molecule has 1 aromatic rings. The Morgan fingerprint density at radius 3 is 2.75 bits per heavy atom. The Balaban J connectivity index is 1.53. The summed E-state index contributed by atoms with van der Waals surface area (Å²) in [4.78, 5) is 9.63. The Bertz CT molecular complexity index is 454. The van der Waals surface area contributed by atoms with Crippen molar-refractivity contribution in [3.63, 3.8) is 0 Å². The minimum atomic E-state index is 0.745. The summed E-state index contributed by atoms with van der Waals surface area (Å²) in [5.74, 6) is 1.85. The second kappa shape index (κ2) is 6.41. The zero-order valence-corrected chi connectivity index (χ0v) is 13.6. The van der Waals surface area contributed by atoms with Crippen LogP contribution < -0.4 is 4.90 Å². The molecule has 20 heavy (non-hydrogen) atoms. The van der Waals surface area contributed by atoms with Gasteiger partial charge in [-0.15, -0.1) is 0 Å². The van der Waals surface area contributed by atoms with Gasteiger partial charge in [0.15, 0.2) is 0 Å². The highest BCUT2D eigenvalue weighted by Crippen LogP contribution is 2.21. The van der Waals surface area contributed by atoms with E-state index in [1.165, 1.54) is 13.0 Å². The van der Waals surface area contributed by atoms with Crippen LogP contribution in [0, 0.1) is 12.8 Å². The van der Waals surface area contributed by atoms with Gasteiger partial charge >= 0.3 is 0 Å². The van der Waals surface area contributed by atoms with E-state index in [9.17, 15) is 0 Å². The summed E-state index contributed by atoms with van der Waals surface area (Å²) in [6, 6.07) is 4.21. The van der Waals surface area contributed by atoms with Gasteiger partial charge in [-0.05, 0) is 47.3 Å². The fourth-order valence-electron chi connectivity index (χ4n) is 2.96. The van der Waals surface area contributed by atoms with E-state index in [2.05, 4.69) is 42.8 Å². The first-order chi connectivity index (χ1) is 9.72. The van der Waals surface area contributed by atoms with Crippen LogP contribution in [0.2, 0.25) is 0 Å². The quantitative estimate of drug-likeness (QED) is 0.844. The third-order valence-corrected chi connectivity index (χ3v) is 5.08. The standard InChI is InChI=1S/C15H22BrN3O/c1-12-14(16)2-3-15(17-12)19-7-5-18(6-8-19)10-13-4-9-20-11-13/h2-3,13H,4-11H2,1H3. The molecule has 4 nitrogen and oxygen atoms in total. The monoisotopic (exact) mass is 339 g/mol. The predicted molar refractivity (Wildman–Crippen MR) is 84.3 cm³/mol. The Hall–Kier alpha value is -0.650. The summed E-state index contributed by atoms with van der Waals surface area (Å²) in [5, 5.41) is 0. The maximum atomic E-state index is 5.46. The predicted octanol–water partition coefficient (Wildman–Crippen LogP) is 2.31. The highest BCUT2D eigenvalue weighted by Gasteiger charge is 2.23. The maximum absolute atomic E-state index is 5.46. The van der Waals surface area contributed by atoms with Crippen LogP contribution in [0.3, 0.4) is 0 Å². The van der Waals surface area contributed by atoms with Gasteiger partial charge in [0.05, 0.1) is 12.3 Å². The van der Waals surface area contributed by atoms with Crippen molar-refractivity contribution < 1.29 is 4.74 Å². The molecule has 0 aromatic carbocycles. The molecule has 1 unspecified atom stereocenters. The maximum Gasteiger partial charge on any atom is 0.128 e. The smallest absolute Gasteiger partial charge is 0.128 e. The molecule has 2 fully saturated rings. The van der Waals surface area contributed by atoms with Crippen molar-refractivity contribution in [2.24, 2.45) is 5.92 Å². The van der Waals surface area contributed by atoms with Crippen LogP contribution in [0.15, 0.2) is 16.6 Å². The molecule has 2 aliphatic rings. The molecular formula is C15H22BrN3O. The summed E-state index contributed by atoms with van der Waals surface area (Å²) in [5.41, 5.74) is 1.06. The Labute approximate surface area is 129 Å². The Morgan fingerprint density at radius 1 is 1.30 bits per heavy atom. The first-order valence-electron chi connectivity index (χ1n) is 7.40. The molecule has 0 aliphatic carbocycles. The van der Waals surface area contributed by atoms with Crippen LogP contribution in [0.5, 0.6) is 0 Å². The zero-order valence-electron chi connectivity index (χ0n) is 12.0. The van der Waals surface area contributed by atoms with Crippen LogP contribution in [0.1, 0.15) is 12.1 Å². The molecule has 0 saturated carbocycles. The van der Waals surface area contributed by atoms with E-state index >= 15 is 0 Å². The lowest BCUT2D eigenvalue weighted by Crippen LogP contribution is -2.48. The fourth-order valence-corrected chi connectivity index (χ4v) is 3.18. The van der Waals surface area contributed by atoms with Crippen LogP contribution in [0.4, 0.5) is 5.82 Å². The number of aromatic nitrogens is 1. The Kier molecular flexibility index (Phi) is 4.58. The largest absolute Gasteiger partial charge is 0.381 e. The highest BCUT2D eigenvalue weighted by atomic mass is 79.9. The molecule has 1 atom stereocenters. The number of anilines is 1. The number of nitrogens with zero attached hydrogens (tertiary/aromatic N) is 3. The van der Waals surface area contributed by atoms with Gasteiger partial charge in [-0.2, -0.15) is 0 Å². The van der Waals surface area contributed by atoms with E-state index in [-0.39, 0.29) is 0 Å². The number of rotatable bonds is 3. The fraction of sp³-hybridized carbons (Fsp3) is 0.667. The van der Waals surface area contributed by atoms with Gasteiger partial charge in [-0.3, -0.25) is 4.90 Å². The molecule has 2 saturated heterocycles. The van der Waals surface area contributed by atoms with Crippen molar-refractivity contribution in [1.29, 1.82) is 0 Å². The summed E-state index contributed by atoms with van der Waals surface area (Å²) >= 11 is 3.51. The van der Waals surface area contributed by atoms with Gasteiger partial charge in [-0.1, -0.05) is 0 Å². The second-order valence-corrected chi connectivity index (χ2v) is 6.61. The normalized spacial score (nSPS) is 24.3. The molecule has 0 spiro atoms. The first-order valence-corrected chi connectivity index (χ1v) is 8.20. The number of hydrogen-bond donors (Lipinski definition) is 0. The van der Waals surface area contributed by atoms with E-state index in [1.807, 2.05) is 6.92 Å². The third-order valence-electron chi connectivity index (χ3n) is 4.24. The molecule has 3 heterocycles. The molecule has 110 valence electrons. The van der Waals surface area contributed by atoms with Gasteiger partial charge in [0, 0.05) is 43.8 Å². The minimum absolute atomic E-state index is 0.745. The molecule has 2 aliphatic heterocycles. The average Bonchev–Trinajstić information content (AvgIpc) is 2.96. The van der Waals surface area contributed by atoms with Gasteiger partial charge in [-0.25, -0.2) is 4.98 Å².